The highest BCUT2D eigenvalue weighted by Gasteiger charge is 2.02. The molecule has 1 N–H and O–H groups in total. The van der Waals surface area contributed by atoms with E-state index < -0.39 is 0 Å². The van der Waals surface area contributed by atoms with E-state index in [-0.39, 0.29) is 0 Å². The van der Waals surface area contributed by atoms with Crippen molar-refractivity contribution >= 4 is 0 Å². The number of aryl methyl sites for hydroxylation is 1. The van der Waals surface area contributed by atoms with Crippen LogP contribution in [0.4, 0.5) is 0 Å². The molecule has 0 saturated heterocycles. The first kappa shape index (κ1) is 10.0. The van der Waals surface area contributed by atoms with Crippen molar-refractivity contribution in [2.24, 2.45) is 0 Å². The lowest BCUT2D eigenvalue weighted by Crippen LogP contribution is -2.18. The lowest BCUT2D eigenvalue weighted by atomic mass is 10.1. The van der Waals surface area contributed by atoms with Gasteiger partial charge in [-0.1, -0.05) is 35.9 Å². The highest BCUT2D eigenvalue weighted by atomic mass is 14.9. The van der Waals surface area contributed by atoms with Gasteiger partial charge in [0, 0.05) is 12.6 Å². The monoisotopic (exact) mass is 175 g/mol. The number of rotatable bonds is 4. The minimum atomic E-state index is 0.401. The lowest BCUT2D eigenvalue weighted by molar-refractivity contribution is 0.617. The molecule has 0 fully saturated rings. The molecule has 1 atom stereocenters. The Labute approximate surface area is 80.5 Å². The standard InChI is InChI=1S/C12H17N/c1-4-8-13-11(3)12-7-5-6-10(2)9-12/h4-7,9,11,13H,1,8H2,2-3H3/t11-/m1/s1. The first-order valence-corrected chi connectivity index (χ1v) is 4.65. The molecule has 0 amide bonds. The molecule has 0 aliphatic heterocycles. The van der Waals surface area contributed by atoms with Crippen molar-refractivity contribution in [1.82, 2.24) is 5.32 Å². The summed E-state index contributed by atoms with van der Waals surface area (Å²) < 4.78 is 0. The van der Waals surface area contributed by atoms with Gasteiger partial charge in [-0.05, 0) is 19.4 Å². The molecule has 13 heavy (non-hydrogen) atoms. The van der Waals surface area contributed by atoms with E-state index in [2.05, 4.69) is 50.0 Å². The summed E-state index contributed by atoms with van der Waals surface area (Å²) in [6, 6.07) is 8.97. The van der Waals surface area contributed by atoms with Crippen LogP contribution in [0.1, 0.15) is 24.1 Å². The molecule has 1 aromatic carbocycles. The normalized spacial score (nSPS) is 12.5. The Hall–Kier alpha value is -1.08. The van der Waals surface area contributed by atoms with E-state index in [1.807, 2.05) is 6.08 Å². The summed E-state index contributed by atoms with van der Waals surface area (Å²) in [5, 5.41) is 3.36. The molecule has 0 aliphatic carbocycles. The molecule has 0 spiro atoms. The fraction of sp³-hybridized carbons (Fsp3) is 0.333. The Balaban J connectivity index is 2.65. The van der Waals surface area contributed by atoms with Gasteiger partial charge < -0.3 is 5.32 Å². The van der Waals surface area contributed by atoms with Gasteiger partial charge in [-0.25, -0.2) is 0 Å². The fourth-order valence-electron chi connectivity index (χ4n) is 1.32. The second-order valence-electron chi connectivity index (χ2n) is 3.33. The van der Waals surface area contributed by atoms with E-state index in [4.69, 9.17) is 0 Å². The van der Waals surface area contributed by atoms with E-state index in [0.29, 0.717) is 6.04 Å². The van der Waals surface area contributed by atoms with Crippen molar-refractivity contribution in [2.75, 3.05) is 6.54 Å². The smallest absolute Gasteiger partial charge is 0.0294 e. The van der Waals surface area contributed by atoms with Crippen LogP contribution >= 0.6 is 0 Å². The predicted molar refractivity (Wildman–Crippen MR) is 57.8 cm³/mol. The molecular weight excluding hydrogens is 158 g/mol. The summed E-state index contributed by atoms with van der Waals surface area (Å²) in [6.07, 6.45) is 1.88. The van der Waals surface area contributed by atoms with Gasteiger partial charge in [-0.15, -0.1) is 6.58 Å². The first-order chi connectivity index (χ1) is 6.24. The van der Waals surface area contributed by atoms with Crippen LogP contribution in [0.3, 0.4) is 0 Å². The largest absolute Gasteiger partial charge is 0.307 e. The Morgan fingerprint density at radius 1 is 1.54 bits per heavy atom. The van der Waals surface area contributed by atoms with Crippen LogP contribution in [0, 0.1) is 6.92 Å². The maximum Gasteiger partial charge on any atom is 0.0294 e. The van der Waals surface area contributed by atoms with Gasteiger partial charge in [0.05, 0.1) is 0 Å². The second-order valence-corrected chi connectivity index (χ2v) is 3.33. The quantitative estimate of drug-likeness (QED) is 0.694. The maximum absolute atomic E-state index is 3.68. The third-order valence-electron chi connectivity index (χ3n) is 2.11. The predicted octanol–water partition coefficient (Wildman–Crippen LogP) is 2.83. The number of hydrogen-bond acceptors (Lipinski definition) is 1. The molecule has 1 nitrogen and oxygen atoms in total. The summed E-state index contributed by atoms with van der Waals surface area (Å²) in [5.74, 6) is 0. The summed E-state index contributed by atoms with van der Waals surface area (Å²) in [5.41, 5.74) is 2.65. The molecule has 1 heteroatoms. The van der Waals surface area contributed by atoms with Gasteiger partial charge in [0.1, 0.15) is 0 Å². The zero-order valence-corrected chi connectivity index (χ0v) is 8.38. The summed E-state index contributed by atoms with van der Waals surface area (Å²) in [6.45, 7) is 8.82. The van der Waals surface area contributed by atoms with Crippen LogP contribution in [0.25, 0.3) is 0 Å². The number of benzene rings is 1. The Morgan fingerprint density at radius 3 is 2.92 bits per heavy atom. The lowest BCUT2D eigenvalue weighted by Gasteiger charge is -2.12. The van der Waals surface area contributed by atoms with Gasteiger partial charge in [0.15, 0.2) is 0 Å². The molecular formula is C12H17N. The molecule has 0 bridgehead atoms. The average Bonchev–Trinajstić information content (AvgIpc) is 2.14. The van der Waals surface area contributed by atoms with Crippen molar-refractivity contribution in [3.63, 3.8) is 0 Å². The highest BCUT2D eigenvalue weighted by Crippen LogP contribution is 2.12. The average molecular weight is 175 g/mol. The van der Waals surface area contributed by atoms with Gasteiger partial charge in [-0.2, -0.15) is 0 Å². The van der Waals surface area contributed by atoms with E-state index in [1.165, 1.54) is 11.1 Å². The number of nitrogens with one attached hydrogen (secondary N) is 1. The molecule has 0 aliphatic rings. The van der Waals surface area contributed by atoms with Gasteiger partial charge in [0.2, 0.25) is 0 Å². The topological polar surface area (TPSA) is 12.0 Å². The van der Waals surface area contributed by atoms with Crippen LogP contribution in [0.2, 0.25) is 0 Å². The van der Waals surface area contributed by atoms with E-state index >= 15 is 0 Å². The molecule has 0 radical (unpaired) electrons. The summed E-state index contributed by atoms with van der Waals surface area (Å²) in [4.78, 5) is 0. The number of hydrogen-bond donors (Lipinski definition) is 1. The molecule has 0 heterocycles. The van der Waals surface area contributed by atoms with Gasteiger partial charge >= 0.3 is 0 Å². The fourth-order valence-corrected chi connectivity index (χ4v) is 1.32. The van der Waals surface area contributed by atoms with E-state index in [9.17, 15) is 0 Å². The van der Waals surface area contributed by atoms with Crippen molar-refractivity contribution in [3.05, 3.63) is 48.0 Å². The third kappa shape index (κ3) is 3.03. The van der Waals surface area contributed by atoms with Gasteiger partial charge in [0.25, 0.3) is 0 Å². The zero-order valence-electron chi connectivity index (χ0n) is 8.38. The zero-order chi connectivity index (χ0) is 9.68. The third-order valence-corrected chi connectivity index (χ3v) is 2.11. The van der Waals surface area contributed by atoms with Crippen molar-refractivity contribution in [1.29, 1.82) is 0 Å². The SMILES string of the molecule is C=CCN[C@H](C)c1cccc(C)c1. The Bertz CT molecular complexity index is 278. The van der Waals surface area contributed by atoms with Crippen LogP contribution in [0.15, 0.2) is 36.9 Å². The molecule has 0 saturated carbocycles. The first-order valence-electron chi connectivity index (χ1n) is 4.65. The van der Waals surface area contributed by atoms with E-state index in [0.717, 1.165) is 6.54 Å². The summed E-state index contributed by atoms with van der Waals surface area (Å²) in [7, 11) is 0. The highest BCUT2D eigenvalue weighted by molar-refractivity contribution is 5.24. The van der Waals surface area contributed by atoms with Crippen LogP contribution < -0.4 is 5.32 Å². The van der Waals surface area contributed by atoms with Crippen molar-refractivity contribution < 1.29 is 0 Å². The Kier molecular flexibility index (Phi) is 3.71. The van der Waals surface area contributed by atoms with Crippen LogP contribution in [-0.2, 0) is 0 Å². The molecule has 0 unspecified atom stereocenters. The minimum Gasteiger partial charge on any atom is -0.307 e. The maximum atomic E-state index is 3.68. The molecule has 1 rings (SSSR count). The molecule has 70 valence electrons. The molecule has 0 aromatic heterocycles. The van der Waals surface area contributed by atoms with E-state index in [1.54, 1.807) is 0 Å². The van der Waals surface area contributed by atoms with Gasteiger partial charge in [-0.3, -0.25) is 0 Å². The van der Waals surface area contributed by atoms with Crippen molar-refractivity contribution in [3.8, 4) is 0 Å². The minimum absolute atomic E-state index is 0.401. The Morgan fingerprint density at radius 2 is 2.31 bits per heavy atom. The summed E-state index contributed by atoms with van der Waals surface area (Å²) >= 11 is 0. The molecule has 1 aromatic rings. The second kappa shape index (κ2) is 4.83. The van der Waals surface area contributed by atoms with Crippen molar-refractivity contribution in [2.45, 2.75) is 19.9 Å². The van der Waals surface area contributed by atoms with Crippen LogP contribution in [-0.4, -0.2) is 6.54 Å². The van der Waals surface area contributed by atoms with Crippen LogP contribution in [0.5, 0.6) is 0 Å².